The molecule has 1 fully saturated rings. The highest BCUT2D eigenvalue weighted by atomic mass is 16.5. The highest BCUT2D eigenvalue weighted by molar-refractivity contribution is 5.92. The molecule has 2 N–H and O–H groups in total. The molecule has 132 valence electrons. The third kappa shape index (κ3) is 3.82. The van der Waals surface area contributed by atoms with Gasteiger partial charge in [-0.15, -0.1) is 0 Å². The van der Waals surface area contributed by atoms with Crippen LogP contribution in [0.15, 0.2) is 29.0 Å². The summed E-state index contributed by atoms with van der Waals surface area (Å²) in [4.78, 5) is 20.9. The van der Waals surface area contributed by atoms with Gasteiger partial charge in [-0.3, -0.25) is 4.79 Å². The van der Waals surface area contributed by atoms with E-state index in [0.717, 1.165) is 37.1 Å². The number of nitrogens with zero attached hydrogens (tertiary/aromatic N) is 2. The molecule has 1 amide bonds. The number of hydrogen-bond acceptors (Lipinski definition) is 6. The van der Waals surface area contributed by atoms with Crippen LogP contribution in [0.1, 0.15) is 36.2 Å². The summed E-state index contributed by atoms with van der Waals surface area (Å²) in [5.74, 6) is 1.46. The Balaban J connectivity index is 1.56. The fourth-order valence-corrected chi connectivity index (χ4v) is 3.41. The average molecular weight is 342 g/mol. The van der Waals surface area contributed by atoms with E-state index in [0.29, 0.717) is 43.3 Å². The zero-order valence-corrected chi connectivity index (χ0v) is 14.0. The molecule has 0 unspecified atom stereocenters. The Labute approximate surface area is 146 Å². The van der Waals surface area contributed by atoms with Gasteiger partial charge in [0.25, 0.3) is 5.91 Å². The van der Waals surface area contributed by atoms with Gasteiger partial charge in [0.1, 0.15) is 12.1 Å². The molecule has 7 heteroatoms. The lowest BCUT2D eigenvalue weighted by molar-refractivity contribution is 0.0239. The van der Waals surface area contributed by atoms with E-state index >= 15 is 0 Å². The van der Waals surface area contributed by atoms with Crippen molar-refractivity contribution in [1.82, 2.24) is 15.3 Å². The number of carbonyl (C=O) groups is 1. The zero-order chi connectivity index (χ0) is 17.1. The van der Waals surface area contributed by atoms with Crippen molar-refractivity contribution in [3.63, 3.8) is 0 Å². The Morgan fingerprint density at radius 3 is 2.92 bits per heavy atom. The van der Waals surface area contributed by atoms with Gasteiger partial charge in [0, 0.05) is 24.8 Å². The first kappa shape index (κ1) is 16.1. The van der Waals surface area contributed by atoms with Gasteiger partial charge in [0.15, 0.2) is 5.69 Å². The Bertz CT molecular complexity index is 737. The second kappa shape index (κ2) is 7.23. The van der Waals surface area contributed by atoms with Gasteiger partial charge in [-0.1, -0.05) is 0 Å². The Morgan fingerprint density at radius 1 is 1.16 bits per heavy atom. The molecule has 3 aliphatic rings. The summed E-state index contributed by atoms with van der Waals surface area (Å²) in [6, 6.07) is 3.67. The third-order valence-electron chi connectivity index (χ3n) is 4.85. The van der Waals surface area contributed by atoms with Crippen LogP contribution in [0.5, 0.6) is 0 Å². The van der Waals surface area contributed by atoms with Crippen LogP contribution < -0.4 is 10.6 Å². The minimum Gasteiger partial charge on any atom is -0.444 e. The Morgan fingerprint density at radius 2 is 2.04 bits per heavy atom. The number of nitrogens with one attached hydrogen (secondary N) is 2. The number of carbonyl (C=O) groups excluding carboxylic acids is 1. The number of aromatic nitrogens is 2. The van der Waals surface area contributed by atoms with Crippen molar-refractivity contribution in [2.75, 3.05) is 25.0 Å². The molecule has 4 heterocycles. The summed E-state index contributed by atoms with van der Waals surface area (Å²) in [6.45, 7) is 2.03. The van der Waals surface area contributed by atoms with Crippen molar-refractivity contribution in [2.24, 2.45) is 5.92 Å². The lowest BCUT2D eigenvalue weighted by Gasteiger charge is -2.28. The fraction of sp³-hybridized carbons (Fsp3) is 0.500. The van der Waals surface area contributed by atoms with Crippen molar-refractivity contribution in [3.05, 3.63) is 30.3 Å². The molecular formula is C18H22N4O3. The van der Waals surface area contributed by atoms with E-state index < -0.39 is 0 Å². The van der Waals surface area contributed by atoms with E-state index in [1.807, 2.05) is 12.1 Å². The first-order valence-electron chi connectivity index (χ1n) is 8.83. The predicted molar refractivity (Wildman–Crippen MR) is 92.3 cm³/mol. The van der Waals surface area contributed by atoms with Crippen molar-refractivity contribution in [1.29, 1.82) is 0 Å². The topological polar surface area (TPSA) is 89.3 Å². The van der Waals surface area contributed by atoms with Crippen molar-refractivity contribution in [3.8, 4) is 11.5 Å². The van der Waals surface area contributed by atoms with E-state index in [1.54, 1.807) is 6.20 Å². The fourth-order valence-electron chi connectivity index (χ4n) is 3.41. The van der Waals surface area contributed by atoms with Gasteiger partial charge < -0.3 is 19.8 Å². The van der Waals surface area contributed by atoms with Gasteiger partial charge in [0.2, 0.25) is 5.89 Å². The summed E-state index contributed by atoms with van der Waals surface area (Å²) in [5.41, 5.74) is 1.09. The van der Waals surface area contributed by atoms with Crippen LogP contribution >= 0.6 is 0 Å². The minimum atomic E-state index is -0.190. The summed E-state index contributed by atoms with van der Waals surface area (Å²) in [5, 5.41) is 6.24. The predicted octanol–water partition coefficient (Wildman–Crippen LogP) is 2.47. The van der Waals surface area contributed by atoms with Crippen LogP contribution in [-0.2, 0) is 4.74 Å². The van der Waals surface area contributed by atoms with Crippen molar-refractivity contribution < 1.29 is 13.9 Å². The number of oxazole rings is 1. The molecule has 2 aromatic rings. The second-order valence-electron chi connectivity index (χ2n) is 6.62. The molecule has 5 rings (SSSR count). The van der Waals surface area contributed by atoms with Gasteiger partial charge in [0.05, 0.1) is 12.7 Å². The number of pyridine rings is 1. The van der Waals surface area contributed by atoms with Gasteiger partial charge >= 0.3 is 0 Å². The van der Waals surface area contributed by atoms with Crippen LogP contribution in [0.4, 0.5) is 5.82 Å². The Kier molecular flexibility index (Phi) is 4.65. The number of rotatable bonds is 0. The summed E-state index contributed by atoms with van der Waals surface area (Å²) < 4.78 is 11.4. The van der Waals surface area contributed by atoms with E-state index in [4.69, 9.17) is 9.15 Å². The molecule has 0 aromatic carbocycles. The maximum Gasteiger partial charge on any atom is 0.273 e. The van der Waals surface area contributed by atoms with Crippen LogP contribution in [0.2, 0.25) is 0 Å². The highest BCUT2D eigenvalue weighted by Crippen LogP contribution is 2.26. The normalized spacial score (nSPS) is 24.2. The molecule has 1 aliphatic carbocycles. The third-order valence-corrected chi connectivity index (χ3v) is 4.85. The molecule has 0 radical (unpaired) electrons. The van der Waals surface area contributed by atoms with E-state index in [2.05, 4.69) is 20.6 Å². The molecule has 1 saturated carbocycles. The molecule has 2 aromatic heterocycles. The molecular weight excluding hydrogens is 320 g/mol. The van der Waals surface area contributed by atoms with Crippen LogP contribution in [0.25, 0.3) is 11.5 Å². The molecule has 0 atom stereocenters. The molecule has 2 aliphatic heterocycles. The molecule has 6 bridgehead atoms. The van der Waals surface area contributed by atoms with Gasteiger partial charge in [-0.05, 0) is 43.7 Å². The lowest BCUT2D eigenvalue weighted by Crippen LogP contribution is -2.33. The zero-order valence-electron chi connectivity index (χ0n) is 14.0. The summed E-state index contributed by atoms with van der Waals surface area (Å²) >= 11 is 0. The maximum absolute atomic E-state index is 12.3. The largest absolute Gasteiger partial charge is 0.444 e. The van der Waals surface area contributed by atoms with E-state index in [1.165, 1.54) is 6.26 Å². The number of fused-ring (bicyclic) bond motifs is 7. The smallest absolute Gasteiger partial charge is 0.273 e. The second-order valence-corrected chi connectivity index (χ2v) is 6.62. The van der Waals surface area contributed by atoms with Crippen molar-refractivity contribution >= 4 is 11.7 Å². The Hall–Kier alpha value is -2.41. The van der Waals surface area contributed by atoms with Crippen LogP contribution in [0.3, 0.4) is 0 Å². The average Bonchev–Trinajstić information content (AvgIpc) is 3.14. The van der Waals surface area contributed by atoms with Crippen LogP contribution in [0, 0.1) is 5.92 Å². The SMILES string of the molecule is O=C1NCC2CCC(CC2)OCCNc2cc(ccn2)-c2nc1co2. The monoisotopic (exact) mass is 342 g/mol. The van der Waals surface area contributed by atoms with Gasteiger partial charge in [-0.2, -0.15) is 0 Å². The van der Waals surface area contributed by atoms with Crippen molar-refractivity contribution in [2.45, 2.75) is 31.8 Å². The summed E-state index contributed by atoms with van der Waals surface area (Å²) in [7, 11) is 0. The number of hydrogen-bond donors (Lipinski definition) is 2. The molecule has 0 spiro atoms. The quantitative estimate of drug-likeness (QED) is 0.764. The standard InChI is InChI=1S/C18H22N4O3/c23-17-15-11-25-18(22-15)13-5-6-19-16(9-13)20-7-8-24-14-3-1-12(2-4-14)10-21-17/h5-6,9,11-12,14H,1-4,7-8,10H2,(H,19,20)(H,21,23). The molecule has 25 heavy (non-hydrogen) atoms. The maximum atomic E-state index is 12.3. The number of anilines is 1. The highest BCUT2D eigenvalue weighted by Gasteiger charge is 2.23. The number of ether oxygens (including phenoxy) is 1. The lowest BCUT2D eigenvalue weighted by atomic mass is 9.87. The summed E-state index contributed by atoms with van der Waals surface area (Å²) in [6.07, 6.45) is 7.66. The minimum absolute atomic E-state index is 0.190. The first-order valence-corrected chi connectivity index (χ1v) is 8.83. The van der Waals surface area contributed by atoms with Crippen LogP contribution in [-0.4, -0.2) is 41.7 Å². The van der Waals surface area contributed by atoms with E-state index in [9.17, 15) is 4.79 Å². The first-order chi connectivity index (χ1) is 12.3. The van der Waals surface area contributed by atoms with E-state index in [-0.39, 0.29) is 5.91 Å². The molecule has 0 saturated heterocycles. The molecule has 7 nitrogen and oxygen atoms in total. The number of amides is 1. The van der Waals surface area contributed by atoms with Gasteiger partial charge in [-0.25, -0.2) is 9.97 Å².